The molecule has 0 N–H and O–H groups in total. The van der Waals surface area contributed by atoms with Crippen molar-refractivity contribution in [3.05, 3.63) is 83.9 Å². The first kappa shape index (κ1) is 19.0. The van der Waals surface area contributed by atoms with Crippen molar-refractivity contribution in [2.24, 2.45) is 0 Å². The Morgan fingerprint density at radius 3 is 1.39 bits per heavy atom. The van der Waals surface area contributed by atoms with E-state index in [9.17, 15) is 0 Å². The van der Waals surface area contributed by atoms with Gasteiger partial charge in [0.1, 0.15) is 0 Å². The Morgan fingerprint density at radius 1 is 0.607 bits per heavy atom. The lowest BCUT2D eigenvalue weighted by Gasteiger charge is -2.43. The molecule has 0 aromatic heterocycles. The van der Waals surface area contributed by atoms with Gasteiger partial charge in [0.25, 0.3) is 0 Å². The standard InChI is InChI=1S/C27H32N/c1-21-5-7-22(8-6-21)23-9-11-24(12-10-23)25-13-15-26(16-14-25)27(2)17-19-28(3,4)20-18-27/h5-16H,17-20H2,1-4H3/q+1. The highest BCUT2D eigenvalue weighted by Crippen LogP contribution is 2.37. The minimum absolute atomic E-state index is 0.321. The van der Waals surface area contributed by atoms with Gasteiger partial charge >= 0.3 is 0 Å². The number of aryl methyl sites for hydroxylation is 1. The number of hydrogen-bond donors (Lipinski definition) is 0. The molecule has 0 radical (unpaired) electrons. The number of nitrogens with zero attached hydrogens (tertiary/aromatic N) is 1. The fraction of sp³-hybridized carbons (Fsp3) is 0.333. The zero-order valence-electron chi connectivity index (χ0n) is 17.7. The second kappa shape index (κ2) is 7.22. The van der Waals surface area contributed by atoms with Crippen molar-refractivity contribution in [2.45, 2.75) is 32.1 Å². The zero-order valence-corrected chi connectivity index (χ0v) is 17.7. The highest BCUT2D eigenvalue weighted by molar-refractivity contribution is 5.70. The molecule has 0 spiro atoms. The van der Waals surface area contributed by atoms with Crippen molar-refractivity contribution in [2.75, 3.05) is 27.2 Å². The van der Waals surface area contributed by atoms with Crippen molar-refractivity contribution in [1.82, 2.24) is 0 Å². The first-order valence-corrected chi connectivity index (χ1v) is 10.4. The Morgan fingerprint density at radius 2 is 0.964 bits per heavy atom. The van der Waals surface area contributed by atoms with Gasteiger partial charge in [-0.3, -0.25) is 0 Å². The molecular formula is C27H32N+. The summed E-state index contributed by atoms with van der Waals surface area (Å²) in [7, 11) is 4.70. The number of rotatable bonds is 3. The molecule has 0 amide bonds. The monoisotopic (exact) mass is 370 g/mol. The molecule has 3 aromatic rings. The van der Waals surface area contributed by atoms with E-state index in [2.05, 4.69) is 101 Å². The zero-order chi connectivity index (χ0) is 19.8. The first-order chi connectivity index (χ1) is 13.3. The van der Waals surface area contributed by atoms with Crippen LogP contribution in [0.2, 0.25) is 0 Å². The minimum Gasteiger partial charge on any atom is -0.328 e. The summed E-state index contributed by atoms with van der Waals surface area (Å²) in [5, 5.41) is 0. The SMILES string of the molecule is Cc1ccc(-c2ccc(-c3ccc(C4(C)CC[N+](C)(C)CC4)cc3)cc2)cc1. The summed E-state index contributed by atoms with van der Waals surface area (Å²) in [5.74, 6) is 0. The lowest BCUT2D eigenvalue weighted by atomic mass is 9.74. The van der Waals surface area contributed by atoms with Crippen molar-refractivity contribution >= 4 is 0 Å². The first-order valence-electron chi connectivity index (χ1n) is 10.4. The maximum Gasteiger partial charge on any atom is 0.0791 e. The van der Waals surface area contributed by atoms with Crippen LogP contribution in [0.4, 0.5) is 0 Å². The Balaban J connectivity index is 1.52. The molecule has 1 saturated heterocycles. The van der Waals surface area contributed by atoms with Crippen molar-refractivity contribution < 1.29 is 4.48 Å². The van der Waals surface area contributed by atoms with E-state index in [1.807, 2.05) is 0 Å². The maximum atomic E-state index is 2.44. The molecule has 0 aliphatic carbocycles. The molecule has 0 atom stereocenters. The Kier molecular flexibility index (Phi) is 4.89. The third-order valence-corrected chi connectivity index (χ3v) is 6.72. The van der Waals surface area contributed by atoms with Gasteiger partial charge in [-0.25, -0.2) is 0 Å². The normalized spacial score (nSPS) is 18.0. The second-order valence-corrected chi connectivity index (χ2v) is 9.46. The summed E-state index contributed by atoms with van der Waals surface area (Å²) in [5.41, 5.74) is 8.25. The van der Waals surface area contributed by atoms with Gasteiger partial charge in [0.15, 0.2) is 0 Å². The molecule has 1 nitrogen and oxygen atoms in total. The molecule has 1 aliphatic heterocycles. The fourth-order valence-electron chi connectivity index (χ4n) is 4.29. The van der Waals surface area contributed by atoms with E-state index in [1.165, 1.54) is 59.3 Å². The van der Waals surface area contributed by atoms with E-state index in [1.54, 1.807) is 0 Å². The van der Waals surface area contributed by atoms with Crippen LogP contribution in [0, 0.1) is 6.92 Å². The number of hydrogen-bond acceptors (Lipinski definition) is 0. The molecule has 0 bridgehead atoms. The van der Waals surface area contributed by atoms with Crippen molar-refractivity contribution in [3.8, 4) is 22.3 Å². The summed E-state index contributed by atoms with van der Waals surface area (Å²) >= 11 is 0. The summed E-state index contributed by atoms with van der Waals surface area (Å²) in [6, 6.07) is 27.0. The lowest BCUT2D eigenvalue weighted by Crippen LogP contribution is -2.50. The third-order valence-electron chi connectivity index (χ3n) is 6.72. The van der Waals surface area contributed by atoms with E-state index in [4.69, 9.17) is 0 Å². The molecule has 1 heterocycles. The minimum atomic E-state index is 0.321. The van der Waals surface area contributed by atoms with Crippen LogP contribution in [0.25, 0.3) is 22.3 Å². The average Bonchev–Trinajstić information content (AvgIpc) is 2.71. The lowest BCUT2D eigenvalue weighted by molar-refractivity contribution is -0.896. The molecule has 28 heavy (non-hydrogen) atoms. The van der Waals surface area contributed by atoms with Crippen LogP contribution < -0.4 is 0 Å². The van der Waals surface area contributed by atoms with Gasteiger partial charge in [-0.05, 0) is 34.7 Å². The van der Waals surface area contributed by atoms with Crippen LogP contribution in [0.15, 0.2) is 72.8 Å². The Labute approximate surface area is 170 Å². The molecule has 3 aromatic carbocycles. The van der Waals surface area contributed by atoms with Crippen LogP contribution in [-0.2, 0) is 5.41 Å². The summed E-state index contributed by atoms with van der Waals surface area (Å²) in [4.78, 5) is 0. The van der Waals surface area contributed by atoms with Crippen LogP contribution in [0.3, 0.4) is 0 Å². The summed E-state index contributed by atoms with van der Waals surface area (Å²) < 4.78 is 1.15. The van der Waals surface area contributed by atoms with Gasteiger partial charge in [-0.2, -0.15) is 0 Å². The van der Waals surface area contributed by atoms with E-state index in [0.717, 1.165) is 4.48 Å². The van der Waals surface area contributed by atoms with E-state index in [0.29, 0.717) is 5.41 Å². The Bertz CT molecular complexity index is 921. The highest BCUT2D eigenvalue weighted by Gasteiger charge is 2.36. The van der Waals surface area contributed by atoms with Gasteiger partial charge in [-0.1, -0.05) is 85.3 Å². The van der Waals surface area contributed by atoms with Gasteiger partial charge in [-0.15, -0.1) is 0 Å². The van der Waals surface area contributed by atoms with E-state index < -0.39 is 0 Å². The van der Waals surface area contributed by atoms with E-state index in [-0.39, 0.29) is 0 Å². The smallest absolute Gasteiger partial charge is 0.0791 e. The second-order valence-electron chi connectivity index (χ2n) is 9.46. The number of piperidine rings is 1. The number of quaternary nitrogens is 1. The van der Waals surface area contributed by atoms with Crippen molar-refractivity contribution in [3.63, 3.8) is 0 Å². The van der Waals surface area contributed by atoms with Crippen LogP contribution >= 0.6 is 0 Å². The molecule has 0 saturated carbocycles. The largest absolute Gasteiger partial charge is 0.328 e. The summed E-state index contributed by atoms with van der Waals surface area (Å²) in [6.07, 6.45) is 2.54. The van der Waals surface area contributed by atoms with Gasteiger partial charge in [0.05, 0.1) is 27.2 Å². The molecule has 1 fully saturated rings. The van der Waals surface area contributed by atoms with Gasteiger partial charge in [0, 0.05) is 18.3 Å². The number of benzene rings is 3. The maximum absolute atomic E-state index is 2.44. The predicted molar refractivity (Wildman–Crippen MR) is 120 cm³/mol. The molecule has 1 aliphatic rings. The van der Waals surface area contributed by atoms with Crippen LogP contribution in [0.1, 0.15) is 30.9 Å². The third kappa shape index (κ3) is 3.91. The Hall–Kier alpha value is -2.38. The fourth-order valence-corrected chi connectivity index (χ4v) is 4.29. The summed E-state index contributed by atoms with van der Waals surface area (Å²) in [6.45, 7) is 7.10. The molecule has 0 unspecified atom stereocenters. The molecule has 1 heteroatoms. The molecular weight excluding hydrogens is 338 g/mol. The topological polar surface area (TPSA) is 0 Å². The van der Waals surface area contributed by atoms with Crippen LogP contribution in [0.5, 0.6) is 0 Å². The highest BCUT2D eigenvalue weighted by atomic mass is 15.3. The van der Waals surface area contributed by atoms with Crippen LogP contribution in [-0.4, -0.2) is 31.7 Å². The molecule has 4 rings (SSSR count). The average molecular weight is 371 g/mol. The number of likely N-dealkylation sites (tertiary alicyclic amines) is 1. The van der Waals surface area contributed by atoms with Gasteiger partial charge < -0.3 is 4.48 Å². The van der Waals surface area contributed by atoms with E-state index >= 15 is 0 Å². The quantitative estimate of drug-likeness (QED) is 0.464. The molecule has 144 valence electrons. The van der Waals surface area contributed by atoms with Gasteiger partial charge in [0.2, 0.25) is 0 Å². The van der Waals surface area contributed by atoms with Crippen molar-refractivity contribution in [1.29, 1.82) is 0 Å². The predicted octanol–water partition coefficient (Wildman–Crippen LogP) is 6.46.